The molecule has 0 bridgehead atoms. The number of aryl methyl sites for hydroxylation is 1. The first-order valence-electron chi connectivity index (χ1n) is 6.52. The third kappa shape index (κ3) is 2.63. The number of nitrogens with one attached hydrogen (secondary N) is 1. The molecule has 3 aromatic rings. The summed E-state index contributed by atoms with van der Waals surface area (Å²) in [5.74, 6) is 6.80. The standard InChI is InChI=1S/C15H15N5S/c1-9-8-21-15(17-9)14-18-12(10(2)13(19-14)20-16)11-6-4-3-5-7-11/h3-8H,16H2,1-2H3,(H,18,19,20). The second-order valence-electron chi connectivity index (χ2n) is 4.67. The summed E-state index contributed by atoms with van der Waals surface area (Å²) < 4.78 is 0. The van der Waals surface area contributed by atoms with Crippen LogP contribution in [0.1, 0.15) is 11.3 Å². The molecule has 0 aliphatic rings. The number of hydrazine groups is 1. The Morgan fingerprint density at radius 2 is 1.81 bits per heavy atom. The first kappa shape index (κ1) is 13.7. The number of rotatable bonds is 3. The first-order valence-corrected chi connectivity index (χ1v) is 7.40. The van der Waals surface area contributed by atoms with Gasteiger partial charge in [0, 0.05) is 22.2 Å². The number of thiazole rings is 1. The Labute approximate surface area is 126 Å². The Hall–Kier alpha value is -2.31. The van der Waals surface area contributed by atoms with Gasteiger partial charge in [-0.1, -0.05) is 30.3 Å². The van der Waals surface area contributed by atoms with Crippen LogP contribution in [0, 0.1) is 13.8 Å². The lowest BCUT2D eigenvalue weighted by molar-refractivity contribution is 1.10. The van der Waals surface area contributed by atoms with Crippen LogP contribution >= 0.6 is 11.3 Å². The van der Waals surface area contributed by atoms with E-state index in [0.717, 1.165) is 27.5 Å². The molecule has 1 aromatic carbocycles. The van der Waals surface area contributed by atoms with Crippen molar-refractivity contribution in [3.63, 3.8) is 0 Å². The molecule has 6 heteroatoms. The number of nitrogens with two attached hydrogens (primary N) is 1. The van der Waals surface area contributed by atoms with Gasteiger partial charge in [0.05, 0.1) is 5.69 Å². The van der Waals surface area contributed by atoms with E-state index in [-0.39, 0.29) is 0 Å². The van der Waals surface area contributed by atoms with Gasteiger partial charge in [-0.3, -0.25) is 0 Å². The number of benzene rings is 1. The lowest BCUT2D eigenvalue weighted by Gasteiger charge is -2.11. The molecule has 3 rings (SSSR count). The smallest absolute Gasteiger partial charge is 0.191 e. The summed E-state index contributed by atoms with van der Waals surface area (Å²) in [4.78, 5) is 13.6. The molecular weight excluding hydrogens is 282 g/mol. The molecule has 0 aliphatic heterocycles. The average molecular weight is 297 g/mol. The fourth-order valence-corrected chi connectivity index (χ4v) is 2.81. The third-order valence-corrected chi connectivity index (χ3v) is 4.10. The van der Waals surface area contributed by atoms with E-state index in [1.54, 1.807) is 0 Å². The topological polar surface area (TPSA) is 76.7 Å². The second kappa shape index (κ2) is 5.59. The number of anilines is 1. The number of hydrogen-bond acceptors (Lipinski definition) is 6. The van der Waals surface area contributed by atoms with Crippen molar-refractivity contribution in [2.24, 2.45) is 5.84 Å². The van der Waals surface area contributed by atoms with E-state index in [4.69, 9.17) is 5.84 Å². The molecule has 0 spiro atoms. The quantitative estimate of drug-likeness (QED) is 0.573. The molecule has 0 radical (unpaired) electrons. The van der Waals surface area contributed by atoms with Crippen molar-refractivity contribution in [1.29, 1.82) is 0 Å². The van der Waals surface area contributed by atoms with E-state index in [9.17, 15) is 0 Å². The zero-order chi connectivity index (χ0) is 14.8. The Kier molecular flexibility index (Phi) is 3.64. The molecule has 0 saturated carbocycles. The van der Waals surface area contributed by atoms with Crippen LogP contribution in [-0.2, 0) is 0 Å². The fourth-order valence-electron chi connectivity index (χ4n) is 2.09. The fraction of sp³-hybridized carbons (Fsp3) is 0.133. The minimum atomic E-state index is 0.588. The monoisotopic (exact) mass is 297 g/mol. The highest BCUT2D eigenvalue weighted by Crippen LogP contribution is 2.29. The van der Waals surface area contributed by atoms with E-state index in [0.29, 0.717) is 11.6 Å². The first-order chi connectivity index (χ1) is 10.2. The molecule has 5 nitrogen and oxygen atoms in total. The molecule has 3 N–H and O–H groups in total. The summed E-state index contributed by atoms with van der Waals surface area (Å²) in [5.41, 5.74) is 6.42. The maximum atomic E-state index is 5.59. The van der Waals surface area contributed by atoms with Gasteiger partial charge in [-0.25, -0.2) is 20.8 Å². The van der Waals surface area contributed by atoms with E-state index in [1.165, 1.54) is 11.3 Å². The Morgan fingerprint density at radius 3 is 2.43 bits per heavy atom. The number of nitrogen functional groups attached to an aromatic ring is 1. The lowest BCUT2D eigenvalue weighted by atomic mass is 10.1. The van der Waals surface area contributed by atoms with Gasteiger partial charge in [-0.15, -0.1) is 11.3 Å². The summed E-state index contributed by atoms with van der Waals surface area (Å²) in [5, 5.41) is 2.78. The van der Waals surface area contributed by atoms with Crippen LogP contribution in [0.3, 0.4) is 0 Å². The van der Waals surface area contributed by atoms with E-state index < -0.39 is 0 Å². The van der Waals surface area contributed by atoms with E-state index in [2.05, 4.69) is 20.4 Å². The van der Waals surface area contributed by atoms with Crippen molar-refractivity contribution in [3.8, 4) is 22.1 Å². The number of hydrogen-bond donors (Lipinski definition) is 2. The molecule has 0 saturated heterocycles. The van der Waals surface area contributed by atoms with Crippen LogP contribution in [0.2, 0.25) is 0 Å². The van der Waals surface area contributed by atoms with Crippen LogP contribution in [0.15, 0.2) is 35.7 Å². The highest BCUT2D eigenvalue weighted by molar-refractivity contribution is 7.13. The molecular formula is C15H15N5S. The van der Waals surface area contributed by atoms with Gasteiger partial charge in [0.25, 0.3) is 0 Å². The number of nitrogens with zero attached hydrogens (tertiary/aromatic N) is 3. The van der Waals surface area contributed by atoms with Gasteiger partial charge < -0.3 is 5.43 Å². The Balaban J connectivity index is 2.20. The molecule has 0 aliphatic carbocycles. The summed E-state index contributed by atoms with van der Waals surface area (Å²) in [6, 6.07) is 9.99. The molecule has 106 valence electrons. The lowest BCUT2D eigenvalue weighted by Crippen LogP contribution is -2.12. The second-order valence-corrected chi connectivity index (χ2v) is 5.53. The molecule has 0 fully saturated rings. The minimum Gasteiger partial charge on any atom is -0.308 e. The van der Waals surface area contributed by atoms with E-state index in [1.807, 2.05) is 49.6 Å². The van der Waals surface area contributed by atoms with Crippen LogP contribution in [0.4, 0.5) is 5.82 Å². The van der Waals surface area contributed by atoms with Gasteiger partial charge >= 0.3 is 0 Å². The largest absolute Gasteiger partial charge is 0.308 e. The van der Waals surface area contributed by atoms with Crippen molar-refractivity contribution < 1.29 is 0 Å². The molecule has 2 heterocycles. The summed E-state index contributed by atoms with van der Waals surface area (Å²) in [7, 11) is 0. The Morgan fingerprint density at radius 1 is 1.05 bits per heavy atom. The average Bonchev–Trinajstić information content (AvgIpc) is 2.95. The normalized spacial score (nSPS) is 10.6. The van der Waals surface area contributed by atoms with Gasteiger partial charge in [-0.05, 0) is 13.8 Å². The molecule has 0 amide bonds. The minimum absolute atomic E-state index is 0.588. The van der Waals surface area contributed by atoms with Crippen LogP contribution < -0.4 is 11.3 Å². The summed E-state index contributed by atoms with van der Waals surface area (Å²) >= 11 is 1.53. The highest BCUT2D eigenvalue weighted by Gasteiger charge is 2.14. The maximum absolute atomic E-state index is 5.59. The zero-order valence-corrected chi connectivity index (χ0v) is 12.6. The predicted octanol–water partition coefficient (Wildman–Crippen LogP) is 3.17. The molecule has 0 unspecified atom stereocenters. The SMILES string of the molecule is Cc1csc(-c2nc(NN)c(C)c(-c3ccccc3)n2)n1. The molecule has 2 aromatic heterocycles. The summed E-state index contributed by atoms with van der Waals surface area (Å²) in [6.07, 6.45) is 0. The Bertz CT molecular complexity index is 767. The molecule has 21 heavy (non-hydrogen) atoms. The van der Waals surface area contributed by atoms with Gasteiger partial charge in [-0.2, -0.15) is 0 Å². The van der Waals surface area contributed by atoms with Crippen molar-refractivity contribution in [1.82, 2.24) is 15.0 Å². The van der Waals surface area contributed by atoms with E-state index >= 15 is 0 Å². The van der Waals surface area contributed by atoms with Crippen LogP contribution in [0.25, 0.3) is 22.1 Å². The van der Waals surface area contributed by atoms with Gasteiger partial charge in [0.1, 0.15) is 5.82 Å². The van der Waals surface area contributed by atoms with Crippen molar-refractivity contribution in [2.45, 2.75) is 13.8 Å². The summed E-state index contributed by atoms with van der Waals surface area (Å²) in [6.45, 7) is 3.91. The number of aromatic nitrogens is 3. The van der Waals surface area contributed by atoms with Crippen molar-refractivity contribution in [3.05, 3.63) is 47.0 Å². The van der Waals surface area contributed by atoms with Gasteiger partial charge in [0.2, 0.25) is 0 Å². The van der Waals surface area contributed by atoms with Crippen LogP contribution in [0.5, 0.6) is 0 Å². The van der Waals surface area contributed by atoms with Crippen LogP contribution in [-0.4, -0.2) is 15.0 Å². The zero-order valence-electron chi connectivity index (χ0n) is 11.8. The third-order valence-electron chi connectivity index (χ3n) is 3.14. The maximum Gasteiger partial charge on any atom is 0.191 e. The molecule has 0 atom stereocenters. The predicted molar refractivity (Wildman–Crippen MR) is 85.9 cm³/mol. The van der Waals surface area contributed by atoms with Gasteiger partial charge in [0.15, 0.2) is 10.8 Å². The van der Waals surface area contributed by atoms with Crippen molar-refractivity contribution in [2.75, 3.05) is 5.43 Å². The van der Waals surface area contributed by atoms with Crippen molar-refractivity contribution >= 4 is 17.2 Å². The highest BCUT2D eigenvalue weighted by atomic mass is 32.1.